The molecule has 2 N–H and O–H groups in total. The minimum Gasteiger partial charge on any atom is -0.378 e. The first-order valence-corrected chi connectivity index (χ1v) is 9.23. The number of anilines is 3. The van der Waals surface area contributed by atoms with Gasteiger partial charge in [-0.2, -0.15) is 0 Å². The van der Waals surface area contributed by atoms with E-state index in [-0.39, 0.29) is 0 Å². The summed E-state index contributed by atoms with van der Waals surface area (Å²) in [5, 5.41) is 7.47. The summed E-state index contributed by atoms with van der Waals surface area (Å²) in [6, 6.07) is 20.9. The van der Waals surface area contributed by atoms with Gasteiger partial charge in [-0.05, 0) is 35.0 Å². The average Bonchev–Trinajstić information content (AvgIpc) is 2.74. The number of amides is 2. The number of hydrogen-bond donors (Lipinski definition) is 2. The molecule has 0 aliphatic carbocycles. The maximum Gasteiger partial charge on any atom is 0.314 e. The number of rotatable bonds is 3. The molecule has 0 atom stereocenters. The molecular formula is C22H21N3O3. The smallest absolute Gasteiger partial charge is 0.314 e. The largest absolute Gasteiger partial charge is 0.378 e. The van der Waals surface area contributed by atoms with Crippen molar-refractivity contribution in [3.8, 4) is 0 Å². The van der Waals surface area contributed by atoms with Crippen LogP contribution in [0.4, 0.5) is 17.1 Å². The van der Waals surface area contributed by atoms with Crippen molar-refractivity contribution in [2.24, 2.45) is 0 Å². The Balaban J connectivity index is 1.46. The number of morpholine rings is 1. The third-order valence-electron chi connectivity index (χ3n) is 4.72. The first kappa shape index (κ1) is 18.0. The number of carbonyl (C=O) groups is 2. The summed E-state index contributed by atoms with van der Waals surface area (Å²) in [5.74, 6) is -1.40. The van der Waals surface area contributed by atoms with Gasteiger partial charge in [0.1, 0.15) is 0 Å². The lowest BCUT2D eigenvalue weighted by atomic mass is 10.1. The molecule has 0 bridgehead atoms. The first-order chi connectivity index (χ1) is 13.7. The minimum atomic E-state index is -0.702. The van der Waals surface area contributed by atoms with Crippen LogP contribution in [-0.4, -0.2) is 38.1 Å². The van der Waals surface area contributed by atoms with E-state index >= 15 is 0 Å². The number of nitrogens with one attached hydrogen (secondary N) is 2. The third-order valence-corrected chi connectivity index (χ3v) is 4.72. The van der Waals surface area contributed by atoms with Gasteiger partial charge in [0.05, 0.1) is 24.6 Å². The van der Waals surface area contributed by atoms with Gasteiger partial charge in [0.2, 0.25) is 0 Å². The second-order valence-electron chi connectivity index (χ2n) is 6.59. The summed E-state index contributed by atoms with van der Waals surface area (Å²) in [5.41, 5.74) is 2.08. The number of hydrogen-bond acceptors (Lipinski definition) is 4. The lowest BCUT2D eigenvalue weighted by Crippen LogP contribution is -2.37. The van der Waals surface area contributed by atoms with Crippen molar-refractivity contribution in [2.45, 2.75) is 0 Å². The van der Waals surface area contributed by atoms with Crippen LogP contribution in [0.2, 0.25) is 0 Å². The van der Waals surface area contributed by atoms with Gasteiger partial charge in [-0.25, -0.2) is 0 Å². The lowest BCUT2D eigenvalue weighted by Gasteiger charge is -2.30. The molecule has 1 saturated heterocycles. The average molecular weight is 375 g/mol. The molecule has 2 amide bonds. The molecule has 6 heteroatoms. The van der Waals surface area contributed by atoms with E-state index < -0.39 is 11.8 Å². The summed E-state index contributed by atoms with van der Waals surface area (Å²) in [6.07, 6.45) is 0. The van der Waals surface area contributed by atoms with Gasteiger partial charge in [0, 0.05) is 18.8 Å². The van der Waals surface area contributed by atoms with Crippen molar-refractivity contribution in [3.05, 3.63) is 66.7 Å². The predicted octanol–water partition coefficient (Wildman–Crippen LogP) is 3.25. The highest BCUT2D eigenvalue weighted by Crippen LogP contribution is 2.26. The van der Waals surface area contributed by atoms with Gasteiger partial charge < -0.3 is 20.3 Å². The van der Waals surface area contributed by atoms with Gasteiger partial charge in [0.15, 0.2) is 0 Å². The fourth-order valence-electron chi connectivity index (χ4n) is 3.29. The summed E-state index contributed by atoms with van der Waals surface area (Å²) in [7, 11) is 0. The summed E-state index contributed by atoms with van der Waals surface area (Å²) in [6.45, 7) is 2.78. The van der Waals surface area contributed by atoms with Crippen molar-refractivity contribution < 1.29 is 14.3 Å². The molecule has 0 unspecified atom stereocenters. The van der Waals surface area contributed by atoms with Crippen LogP contribution >= 0.6 is 0 Å². The summed E-state index contributed by atoms with van der Waals surface area (Å²) >= 11 is 0. The Morgan fingerprint density at radius 1 is 0.786 bits per heavy atom. The van der Waals surface area contributed by atoms with E-state index in [4.69, 9.17) is 4.74 Å². The Morgan fingerprint density at radius 2 is 1.46 bits per heavy atom. The molecule has 28 heavy (non-hydrogen) atoms. The highest BCUT2D eigenvalue weighted by Gasteiger charge is 2.19. The van der Waals surface area contributed by atoms with Crippen molar-refractivity contribution in [1.29, 1.82) is 0 Å². The number of ether oxygens (including phenoxy) is 1. The Labute approximate surface area is 163 Å². The van der Waals surface area contributed by atoms with Gasteiger partial charge >= 0.3 is 11.8 Å². The van der Waals surface area contributed by atoms with E-state index in [0.717, 1.165) is 29.5 Å². The van der Waals surface area contributed by atoms with Crippen molar-refractivity contribution in [2.75, 3.05) is 41.8 Å². The Kier molecular flexibility index (Phi) is 5.21. The topological polar surface area (TPSA) is 70.7 Å². The summed E-state index contributed by atoms with van der Waals surface area (Å²) < 4.78 is 5.38. The highest BCUT2D eigenvalue weighted by atomic mass is 16.5. The van der Waals surface area contributed by atoms with Crippen LogP contribution in [0.25, 0.3) is 10.8 Å². The quantitative estimate of drug-likeness (QED) is 0.690. The molecule has 1 aliphatic heterocycles. The Morgan fingerprint density at radius 3 is 2.29 bits per heavy atom. The fourth-order valence-corrected chi connectivity index (χ4v) is 3.29. The SMILES string of the molecule is O=C(Nc1ccc2ccccc2c1)C(=O)Nc1ccccc1N1CCOCC1. The molecular weight excluding hydrogens is 354 g/mol. The molecule has 0 radical (unpaired) electrons. The van der Waals surface area contributed by atoms with E-state index in [1.54, 1.807) is 12.1 Å². The molecule has 3 aromatic rings. The van der Waals surface area contributed by atoms with E-state index in [0.29, 0.717) is 24.6 Å². The minimum absolute atomic E-state index is 0.584. The molecule has 1 heterocycles. The van der Waals surface area contributed by atoms with E-state index in [1.807, 2.05) is 54.6 Å². The molecule has 3 aromatic carbocycles. The van der Waals surface area contributed by atoms with Crippen molar-refractivity contribution >= 4 is 39.6 Å². The molecule has 0 aromatic heterocycles. The number of nitrogens with zero attached hydrogens (tertiary/aromatic N) is 1. The zero-order valence-electron chi connectivity index (χ0n) is 15.4. The normalized spacial score (nSPS) is 13.9. The van der Waals surface area contributed by atoms with Crippen LogP contribution in [0.1, 0.15) is 0 Å². The Hall–Kier alpha value is -3.38. The third kappa shape index (κ3) is 3.97. The Bertz CT molecular complexity index is 1010. The number of carbonyl (C=O) groups excluding carboxylic acids is 2. The maximum absolute atomic E-state index is 12.4. The number of fused-ring (bicyclic) bond motifs is 1. The first-order valence-electron chi connectivity index (χ1n) is 9.23. The van der Waals surface area contributed by atoms with Crippen LogP contribution in [0.15, 0.2) is 66.7 Å². The molecule has 1 fully saturated rings. The van der Waals surface area contributed by atoms with Gasteiger partial charge in [-0.1, -0.05) is 42.5 Å². The fraction of sp³-hybridized carbons (Fsp3) is 0.182. The predicted molar refractivity (Wildman–Crippen MR) is 111 cm³/mol. The zero-order valence-corrected chi connectivity index (χ0v) is 15.4. The van der Waals surface area contributed by atoms with Crippen LogP contribution in [0.3, 0.4) is 0 Å². The number of para-hydroxylation sites is 2. The van der Waals surface area contributed by atoms with E-state index in [1.165, 1.54) is 0 Å². The molecule has 4 rings (SSSR count). The van der Waals surface area contributed by atoms with Crippen LogP contribution in [-0.2, 0) is 14.3 Å². The highest BCUT2D eigenvalue weighted by molar-refractivity contribution is 6.44. The molecule has 1 aliphatic rings. The van der Waals surface area contributed by atoms with Gasteiger partial charge in [0.25, 0.3) is 0 Å². The van der Waals surface area contributed by atoms with Crippen LogP contribution in [0.5, 0.6) is 0 Å². The number of benzene rings is 3. The van der Waals surface area contributed by atoms with Crippen LogP contribution in [0, 0.1) is 0 Å². The standard InChI is InChI=1S/C22H21N3O3/c26-21(23-18-10-9-16-5-1-2-6-17(16)15-18)22(27)24-19-7-3-4-8-20(19)25-11-13-28-14-12-25/h1-10,15H,11-14H2,(H,23,26)(H,24,27). The van der Waals surface area contributed by atoms with Gasteiger partial charge in [-0.15, -0.1) is 0 Å². The lowest BCUT2D eigenvalue weighted by molar-refractivity contribution is -0.132. The second-order valence-corrected chi connectivity index (χ2v) is 6.59. The van der Waals surface area contributed by atoms with Crippen molar-refractivity contribution in [3.63, 3.8) is 0 Å². The zero-order chi connectivity index (χ0) is 19.3. The second kappa shape index (κ2) is 8.10. The van der Waals surface area contributed by atoms with E-state index in [9.17, 15) is 9.59 Å². The van der Waals surface area contributed by atoms with Crippen molar-refractivity contribution in [1.82, 2.24) is 0 Å². The summed E-state index contributed by atoms with van der Waals surface area (Å²) in [4.78, 5) is 27.0. The molecule has 0 spiro atoms. The molecule has 142 valence electrons. The van der Waals surface area contributed by atoms with Crippen LogP contribution < -0.4 is 15.5 Å². The maximum atomic E-state index is 12.4. The molecule has 6 nitrogen and oxygen atoms in total. The van der Waals surface area contributed by atoms with Gasteiger partial charge in [-0.3, -0.25) is 9.59 Å². The molecule has 0 saturated carbocycles. The monoisotopic (exact) mass is 375 g/mol. The van der Waals surface area contributed by atoms with E-state index in [2.05, 4.69) is 15.5 Å².